The number of hydrogen-bond acceptors (Lipinski definition) is 5. The summed E-state index contributed by atoms with van der Waals surface area (Å²) >= 11 is 1.55. The zero-order chi connectivity index (χ0) is 16.9. The molecule has 23 heavy (non-hydrogen) atoms. The van der Waals surface area contributed by atoms with Gasteiger partial charge in [0, 0.05) is 10.9 Å². The van der Waals surface area contributed by atoms with E-state index < -0.39 is 5.60 Å². The molecule has 0 saturated heterocycles. The van der Waals surface area contributed by atoms with Crippen LogP contribution in [0.2, 0.25) is 0 Å². The van der Waals surface area contributed by atoms with E-state index in [9.17, 15) is 4.79 Å². The summed E-state index contributed by atoms with van der Waals surface area (Å²) in [7, 11) is 0. The second kappa shape index (κ2) is 7.30. The van der Waals surface area contributed by atoms with Crippen LogP contribution in [0.25, 0.3) is 11.3 Å². The zero-order valence-electron chi connectivity index (χ0n) is 13.5. The van der Waals surface area contributed by atoms with Gasteiger partial charge < -0.3 is 9.47 Å². The molecule has 5 heteroatoms. The van der Waals surface area contributed by atoms with Crippen LogP contribution < -0.4 is 4.74 Å². The molecule has 4 nitrogen and oxygen atoms in total. The quantitative estimate of drug-likeness (QED) is 0.620. The molecular formula is C18H19NO3S. The number of thiazole rings is 1. The number of ether oxygens (including phenoxy) is 2. The highest BCUT2D eigenvalue weighted by Gasteiger charge is 2.16. The van der Waals surface area contributed by atoms with Gasteiger partial charge in [0.15, 0.2) is 6.61 Å². The van der Waals surface area contributed by atoms with Gasteiger partial charge in [0.1, 0.15) is 16.4 Å². The Morgan fingerprint density at radius 2 is 2.00 bits per heavy atom. The minimum atomic E-state index is -0.509. The molecule has 120 valence electrons. The molecule has 1 aromatic carbocycles. The zero-order valence-corrected chi connectivity index (χ0v) is 14.3. The van der Waals surface area contributed by atoms with Crippen molar-refractivity contribution in [3.05, 3.63) is 34.7 Å². The Bertz CT molecular complexity index is 705. The van der Waals surface area contributed by atoms with Crippen LogP contribution in [0.5, 0.6) is 5.75 Å². The summed E-state index contributed by atoms with van der Waals surface area (Å²) in [5, 5.41) is 2.90. The summed E-state index contributed by atoms with van der Waals surface area (Å²) < 4.78 is 10.6. The summed E-state index contributed by atoms with van der Waals surface area (Å²) in [6.07, 6.45) is 5.83. The van der Waals surface area contributed by atoms with Gasteiger partial charge in [-0.05, 0) is 45.0 Å². The standard InChI is InChI=1S/C18H19NO3S/c1-5-6-16-19-15(12-23-16)13-7-9-14(10-8-13)21-11-17(20)22-18(2,3)4/h1,7-10,12H,6,11H2,2-4H3. The molecule has 0 aliphatic rings. The molecule has 0 spiro atoms. The number of esters is 1. The molecule has 0 fully saturated rings. The van der Waals surface area contributed by atoms with E-state index in [0.29, 0.717) is 12.2 Å². The van der Waals surface area contributed by atoms with Crippen LogP contribution in [-0.2, 0) is 16.0 Å². The Kier molecular flexibility index (Phi) is 5.41. The maximum absolute atomic E-state index is 11.6. The van der Waals surface area contributed by atoms with Crippen molar-refractivity contribution in [2.45, 2.75) is 32.8 Å². The average Bonchev–Trinajstić information content (AvgIpc) is 2.93. The van der Waals surface area contributed by atoms with E-state index >= 15 is 0 Å². The Balaban J connectivity index is 1.94. The van der Waals surface area contributed by atoms with Gasteiger partial charge in [-0.25, -0.2) is 9.78 Å². The monoisotopic (exact) mass is 329 g/mol. The summed E-state index contributed by atoms with van der Waals surface area (Å²) in [5.41, 5.74) is 1.36. The SMILES string of the molecule is C#CCc1nc(-c2ccc(OCC(=O)OC(C)(C)C)cc2)cs1. The molecule has 2 aromatic rings. The second-order valence-electron chi connectivity index (χ2n) is 5.91. The Hall–Kier alpha value is -2.32. The second-order valence-corrected chi connectivity index (χ2v) is 6.85. The molecule has 0 unspecified atom stereocenters. The molecule has 2 rings (SSSR count). The fourth-order valence-corrected chi connectivity index (χ4v) is 2.60. The molecule has 0 N–H and O–H groups in total. The molecule has 0 bridgehead atoms. The van der Waals surface area contributed by atoms with E-state index in [1.807, 2.05) is 38.3 Å². The van der Waals surface area contributed by atoms with E-state index in [0.717, 1.165) is 16.3 Å². The maximum Gasteiger partial charge on any atom is 0.344 e. The smallest absolute Gasteiger partial charge is 0.344 e. The van der Waals surface area contributed by atoms with E-state index in [1.54, 1.807) is 23.5 Å². The van der Waals surface area contributed by atoms with Gasteiger partial charge in [0.05, 0.1) is 12.1 Å². The molecular weight excluding hydrogens is 310 g/mol. The van der Waals surface area contributed by atoms with Crippen LogP contribution in [0.4, 0.5) is 0 Å². The maximum atomic E-state index is 11.6. The fourth-order valence-electron chi connectivity index (χ4n) is 1.85. The number of carbonyl (C=O) groups is 1. The predicted octanol–water partition coefficient (Wildman–Crippen LogP) is 3.71. The average molecular weight is 329 g/mol. The highest BCUT2D eigenvalue weighted by atomic mass is 32.1. The van der Waals surface area contributed by atoms with Crippen molar-refractivity contribution in [2.75, 3.05) is 6.61 Å². The van der Waals surface area contributed by atoms with Crippen LogP contribution in [0, 0.1) is 12.3 Å². The third-order valence-corrected chi connectivity index (χ3v) is 3.58. The third kappa shape index (κ3) is 5.42. The summed E-state index contributed by atoms with van der Waals surface area (Å²) in [5.74, 6) is 2.81. The molecule has 0 atom stereocenters. The molecule has 1 aromatic heterocycles. The number of benzene rings is 1. The minimum Gasteiger partial charge on any atom is -0.482 e. The summed E-state index contributed by atoms with van der Waals surface area (Å²) in [4.78, 5) is 16.1. The van der Waals surface area contributed by atoms with Gasteiger partial charge in [-0.1, -0.05) is 5.92 Å². The Labute approximate surface area is 140 Å². The lowest BCUT2D eigenvalue weighted by Crippen LogP contribution is -2.27. The number of terminal acetylenes is 1. The van der Waals surface area contributed by atoms with Crippen LogP contribution in [0.15, 0.2) is 29.6 Å². The van der Waals surface area contributed by atoms with Crippen molar-refractivity contribution >= 4 is 17.3 Å². The van der Waals surface area contributed by atoms with Crippen molar-refractivity contribution in [1.82, 2.24) is 4.98 Å². The third-order valence-electron chi connectivity index (χ3n) is 2.73. The van der Waals surface area contributed by atoms with Crippen molar-refractivity contribution in [1.29, 1.82) is 0 Å². The van der Waals surface area contributed by atoms with Crippen molar-refractivity contribution < 1.29 is 14.3 Å². The van der Waals surface area contributed by atoms with Crippen LogP contribution in [-0.4, -0.2) is 23.2 Å². The lowest BCUT2D eigenvalue weighted by Gasteiger charge is -2.19. The first-order chi connectivity index (χ1) is 10.9. The van der Waals surface area contributed by atoms with E-state index in [4.69, 9.17) is 15.9 Å². The largest absolute Gasteiger partial charge is 0.482 e. The van der Waals surface area contributed by atoms with Crippen molar-refractivity contribution in [2.24, 2.45) is 0 Å². The summed E-state index contributed by atoms with van der Waals surface area (Å²) in [6.45, 7) is 5.35. The molecule has 0 amide bonds. The van der Waals surface area contributed by atoms with Gasteiger partial charge >= 0.3 is 5.97 Å². The minimum absolute atomic E-state index is 0.111. The van der Waals surface area contributed by atoms with E-state index in [2.05, 4.69) is 10.9 Å². The normalized spacial score (nSPS) is 10.9. The molecule has 0 aliphatic heterocycles. The van der Waals surface area contributed by atoms with E-state index in [-0.39, 0.29) is 12.6 Å². The highest BCUT2D eigenvalue weighted by Crippen LogP contribution is 2.24. The van der Waals surface area contributed by atoms with Crippen molar-refractivity contribution in [3.63, 3.8) is 0 Å². The van der Waals surface area contributed by atoms with Gasteiger partial charge in [0.2, 0.25) is 0 Å². The first-order valence-electron chi connectivity index (χ1n) is 7.20. The lowest BCUT2D eigenvalue weighted by atomic mass is 10.2. The first kappa shape index (κ1) is 17.0. The lowest BCUT2D eigenvalue weighted by molar-refractivity contribution is -0.157. The molecule has 0 radical (unpaired) electrons. The fraction of sp³-hybridized carbons (Fsp3) is 0.333. The van der Waals surface area contributed by atoms with Gasteiger partial charge in [-0.3, -0.25) is 0 Å². The van der Waals surface area contributed by atoms with Crippen molar-refractivity contribution in [3.8, 4) is 29.4 Å². The topological polar surface area (TPSA) is 48.4 Å². The molecule has 1 heterocycles. The number of aromatic nitrogens is 1. The van der Waals surface area contributed by atoms with Crippen LogP contribution in [0.3, 0.4) is 0 Å². The molecule has 0 saturated carbocycles. The van der Waals surface area contributed by atoms with Gasteiger partial charge in [-0.15, -0.1) is 17.8 Å². The Morgan fingerprint density at radius 3 is 2.61 bits per heavy atom. The predicted molar refractivity (Wildman–Crippen MR) is 91.4 cm³/mol. The number of rotatable bonds is 5. The van der Waals surface area contributed by atoms with Crippen LogP contribution in [0.1, 0.15) is 25.8 Å². The first-order valence-corrected chi connectivity index (χ1v) is 8.08. The summed E-state index contributed by atoms with van der Waals surface area (Å²) in [6, 6.07) is 7.41. The Morgan fingerprint density at radius 1 is 1.30 bits per heavy atom. The molecule has 0 aliphatic carbocycles. The van der Waals surface area contributed by atoms with Crippen LogP contribution >= 0.6 is 11.3 Å². The number of carbonyl (C=O) groups excluding carboxylic acids is 1. The van der Waals surface area contributed by atoms with Gasteiger partial charge in [-0.2, -0.15) is 0 Å². The van der Waals surface area contributed by atoms with Gasteiger partial charge in [0.25, 0.3) is 0 Å². The number of nitrogens with zero attached hydrogens (tertiary/aromatic N) is 1. The number of hydrogen-bond donors (Lipinski definition) is 0. The van der Waals surface area contributed by atoms with E-state index in [1.165, 1.54) is 0 Å². The highest BCUT2D eigenvalue weighted by molar-refractivity contribution is 7.10.